The van der Waals surface area contributed by atoms with Gasteiger partial charge < -0.3 is 25.7 Å². The van der Waals surface area contributed by atoms with Crippen LogP contribution < -0.4 is 21.5 Å². The molecular weight excluding hydrogens is 376 g/mol. The lowest BCUT2D eigenvalue weighted by Crippen LogP contribution is -2.39. The molecule has 1 atom stereocenters. The van der Waals surface area contributed by atoms with Gasteiger partial charge in [-0.05, 0) is 43.2 Å². The summed E-state index contributed by atoms with van der Waals surface area (Å²) in [5.74, 6) is -0.811. The Morgan fingerprint density at radius 3 is 2.34 bits per heavy atom. The molecule has 1 aromatic heterocycles. The zero-order valence-electron chi connectivity index (χ0n) is 15.7. The Labute approximate surface area is 166 Å². The van der Waals surface area contributed by atoms with E-state index in [0.29, 0.717) is 36.5 Å². The number of hydrogen-bond donors (Lipinski definition) is 4. The molecule has 1 saturated heterocycles. The normalized spacial score (nSPS) is 15.5. The molecule has 1 aromatic carbocycles. The molecule has 29 heavy (non-hydrogen) atoms. The molecule has 152 valence electrons. The van der Waals surface area contributed by atoms with Crippen LogP contribution in [0.3, 0.4) is 0 Å². The van der Waals surface area contributed by atoms with Crippen LogP contribution in [-0.2, 0) is 9.53 Å². The second-order valence-electron chi connectivity index (χ2n) is 6.52. The maximum Gasteiger partial charge on any atom is 0.257 e. The van der Waals surface area contributed by atoms with Crippen LogP contribution in [0, 0.1) is 0 Å². The summed E-state index contributed by atoms with van der Waals surface area (Å²) in [6.07, 6.45) is 2.56. The van der Waals surface area contributed by atoms with E-state index in [2.05, 4.69) is 20.9 Å². The average Bonchev–Trinajstić information content (AvgIpc) is 3.27. The number of amides is 3. The van der Waals surface area contributed by atoms with Crippen LogP contribution >= 0.6 is 0 Å². The molecule has 0 spiro atoms. The fourth-order valence-electron chi connectivity index (χ4n) is 2.82. The molecule has 1 aliphatic heterocycles. The Morgan fingerprint density at radius 1 is 0.966 bits per heavy atom. The molecule has 2 aromatic rings. The van der Waals surface area contributed by atoms with E-state index in [-0.39, 0.29) is 29.4 Å². The van der Waals surface area contributed by atoms with Crippen molar-refractivity contribution in [2.24, 2.45) is 0 Å². The van der Waals surface area contributed by atoms with Crippen molar-refractivity contribution in [2.75, 3.05) is 25.0 Å². The third kappa shape index (κ3) is 5.76. The number of aromatic amines is 1. The van der Waals surface area contributed by atoms with Crippen LogP contribution in [0.4, 0.5) is 5.69 Å². The van der Waals surface area contributed by atoms with E-state index in [4.69, 9.17) is 4.74 Å². The van der Waals surface area contributed by atoms with E-state index in [1.54, 1.807) is 24.3 Å². The predicted molar refractivity (Wildman–Crippen MR) is 106 cm³/mol. The Kier molecular flexibility index (Phi) is 6.75. The van der Waals surface area contributed by atoms with E-state index < -0.39 is 0 Å². The lowest BCUT2D eigenvalue weighted by atomic mass is 10.2. The van der Waals surface area contributed by atoms with Crippen molar-refractivity contribution < 1.29 is 19.1 Å². The number of carbonyl (C=O) groups excluding carboxylic acids is 3. The highest BCUT2D eigenvalue weighted by Crippen LogP contribution is 2.12. The Hall–Kier alpha value is -3.46. The van der Waals surface area contributed by atoms with Crippen LogP contribution in [0.25, 0.3) is 0 Å². The molecule has 4 N–H and O–H groups in total. The van der Waals surface area contributed by atoms with E-state index in [1.165, 1.54) is 18.3 Å². The van der Waals surface area contributed by atoms with Crippen molar-refractivity contribution in [2.45, 2.75) is 18.9 Å². The lowest BCUT2D eigenvalue weighted by Gasteiger charge is -2.11. The van der Waals surface area contributed by atoms with Crippen molar-refractivity contribution in [3.05, 3.63) is 64.1 Å². The monoisotopic (exact) mass is 398 g/mol. The summed E-state index contributed by atoms with van der Waals surface area (Å²) in [6, 6.07) is 9.08. The highest BCUT2D eigenvalue weighted by molar-refractivity contribution is 6.04. The number of rotatable bonds is 7. The molecule has 2 heterocycles. The van der Waals surface area contributed by atoms with Crippen LogP contribution in [0.15, 0.2) is 47.4 Å². The van der Waals surface area contributed by atoms with Crippen LogP contribution in [-0.4, -0.2) is 48.5 Å². The fourth-order valence-corrected chi connectivity index (χ4v) is 2.82. The van der Waals surface area contributed by atoms with Gasteiger partial charge in [0.15, 0.2) is 0 Å². The molecule has 9 heteroatoms. The Morgan fingerprint density at radius 2 is 1.69 bits per heavy atom. The van der Waals surface area contributed by atoms with Gasteiger partial charge in [0.25, 0.3) is 11.8 Å². The van der Waals surface area contributed by atoms with E-state index in [0.717, 1.165) is 12.8 Å². The smallest absolute Gasteiger partial charge is 0.257 e. The molecule has 3 rings (SSSR count). The quantitative estimate of drug-likeness (QED) is 0.509. The number of anilines is 1. The molecule has 3 amide bonds. The van der Waals surface area contributed by atoms with Crippen LogP contribution in [0.1, 0.15) is 33.6 Å². The zero-order chi connectivity index (χ0) is 20.6. The van der Waals surface area contributed by atoms with Gasteiger partial charge in [-0.3, -0.25) is 19.2 Å². The maximum atomic E-state index is 12.2. The SMILES string of the molecule is O=C(NCCNC(=O)C1CCCO1)c1ccc(NC(=O)c2ccc(=O)[nH]c2)cc1. The minimum Gasteiger partial charge on any atom is -0.368 e. The van der Waals surface area contributed by atoms with E-state index >= 15 is 0 Å². The molecule has 0 aliphatic carbocycles. The number of carbonyl (C=O) groups is 3. The second-order valence-corrected chi connectivity index (χ2v) is 6.52. The molecule has 0 radical (unpaired) electrons. The molecule has 1 unspecified atom stereocenters. The zero-order valence-corrected chi connectivity index (χ0v) is 15.7. The van der Waals surface area contributed by atoms with Gasteiger partial charge in [0, 0.05) is 43.2 Å². The topological polar surface area (TPSA) is 129 Å². The van der Waals surface area contributed by atoms with Gasteiger partial charge in [-0.15, -0.1) is 0 Å². The second kappa shape index (κ2) is 9.65. The van der Waals surface area contributed by atoms with E-state index in [1.807, 2.05) is 0 Å². The average molecular weight is 398 g/mol. The molecular formula is C20H22N4O5. The van der Waals surface area contributed by atoms with Gasteiger partial charge >= 0.3 is 0 Å². The minimum absolute atomic E-state index is 0.153. The summed E-state index contributed by atoms with van der Waals surface area (Å²) in [4.78, 5) is 49.6. The van der Waals surface area contributed by atoms with Gasteiger partial charge in [-0.25, -0.2) is 0 Å². The van der Waals surface area contributed by atoms with Crippen LogP contribution in [0.5, 0.6) is 0 Å². The van der Waals surface area contributed by atoms with Gasteiger partial charge in [0.1, 0.15) is 6.10 Å². The first-order valence-electron chi connectivity index (χ1n) is 9.30. The number of aromatic nitrogens is 1. The van der Waals surface area contributed by atoms with Crippen molar-refractivity contribution in [1.82, 2.24) is 15.6 Å². The Balaban J connectivity index is 1.43. The van der Waals surface area contributed by atoms with Crippen molar-refractivity contribution in [3.8, 4) is 0 Å². The van der Waals surface area contributed by atoms with Gasteiger partial charge in [-0.1, -0.05) is 0 Å². The van der Waals surface area contributed by atoms with Gasteiger partial charge in [0.2, 0.25) is 11.5 Å². The molecule has 0 saturated carbocycles. The largest absolute Gasteiger partial charge is 0.368 e. The first kappa shape index (κ1) is 20.3. The number of nitrogens with one attached hydrogen (secondary N) is 4. The lowest BCUT2D eigenvalue weighted by molar-refractivity contribution is -0.129. The van der Waals surface area contributed by atoms with Crippen LogP contribution in [0.2, 0.25) is 0 Å². The number of benzene rings is 1. The molecule has 1 aliphatic rings. The molecule has 0 bridgehead atoms. The summed E-state index contributed by atoms with van der Waals surface area (Å²) < 4.78 is 5.29. The number of H-pyrrole nitrogens is 1. The highest BCUT2D eigenvalue weighted by atomic mass is 16.5. The summed E-state index contributed by atoms with van der Waals surface area (Å²) >= 11 is 0. The number of hydrogen-bond acceptors (Lipinski definition) is 5. The third-order valence-corrected chi connectivity index (χ3v) is 4.38. The first-order valence-corrected chi connectivity index (χ1v) is 9.30. The highest BCUT2D eigenvalue weighted by Gasteiger charge is 2.22. The predicted octanol–water partition coefficient (Wildman–Crippen LogP) is 0.652. The van der Waals surface area contributed by atoms with Gasteiger partial charge in [0.05, 0.1) is 5.56 Å². The van der Waals surface area contributed by atoms with Crippen molar-refractivity contribution in [1.29, 1.82) is 0 Å². The van der Waals surface area contributed by atoms with Crippen molar-refractivity contribution in [3.63, 3.8) is 0 Å². The molecule has 9 nitrogen and oxygen atoms in total. The number of pyridine rings is 1. The van der Waals surface area contributed by atoms with Crippen molar-refractivity contribution >= 4 is 23.4 Å². The summed E-state index contributed by atoms with van der Waals surface area (Å²) in [7, 11) is 0. The van der Waals surface area contributed by atoms with E-state index in [9.17, 15) is 19.2 Å². The Bertz CT molecular complexity index is 912. The maximum absolute atomic E-state index is 12.2. The third-order valence-electron chi connectivity index (χ3n) is 4.38. The summed E-state index contributed by atoms with van der Waals surface area (Å²) in [6.45, 7) is 1.22. The van der Waals surface area contributed by atoms with Gasteiger partial charge in [-0.2, -0.15) is 0 Å². The first-order chi connectivity index (χ1) is 14.0. The fraction of sp³-hybridized carbons (Fsp3) is 0.300. The molecule has 1 fully saturated rings. The number of ether oxygens (including phenoxy) is 1. The summed E-state index contributed by atoms with van der Waals surface area (Å²) in [5.41, 5.74) is 0.971. The standard InChI is InChI=1S/C20H22N4O5/c25-17-8-5-14(12-23-17)19(27)24-15-6-3-13(4-7-15)18(26)21-9-10-22-20(28)16-2-1-11-29-16/h3-8,12,16H,1-2,9-11H2,(H,21,26)(H,22,28)(H,23,25)(H,24,27). The summed E-state index contributed by atoms with van der Waals surface area (Å²) in [5, 5.41) is 8.14. The minimum atomic E-state index is -0.385.